The van der Waals surface area contributed by atoms with Crippen molar-refractivity contribution in [3.8, 4) is 0 Å². The van der Waals surface area contributed by atoms with Gasteiger partial charge in [0.25, 0.3) is 5.91 Å². The van der Waals surface area contributed by atoms with Crippen LogP contribution >= 0.6 is 0 Å². The molecule has 0 spiro atoms. The van der Waals surface area contributed by atoms with Crippen molar-refractivity contribution in [1.82, 2.24) is 4.90 Å². The largest absolute Gasteiger partial charge is 0.454 e. The third-order valence-corrected chi connectivity index (χ3v) is 2.74. The van der Waals surface area contributed by atoms with Crippen LogP contribution in [0.25, 0.3) is 0 Å². The quantitative estimate of drug-likeness (QED) is 0.675. The van der Waals surface area contributed by atoms with Crippen LogP contribution in [0.5, 0.6) is 0 Å². The summed E-state index contributed by atoms with van der Waals surface area (Å²) in [7, 11) is 0. The van der Waals surface area contributed by atoms with Crippen LogP contribution in [0.4, 0.5) is 0 Å². The van der Waals surface area contributed by atoms with Gasteiger partial charge in [0.15, 0.2) is 6.61 Å². The fraction of sp³-hybridized carbons (Fsp3) is 0.833. The molecule has 1 rings (SSSR count). The van der Waals surface area contributed by atoms with E-state index in [2.05, 4.69) is 0 Å². The summed E-state index contributed by atoms with van der Waals surface area (Å²) in [6.07, 6.45) is 4.43. The van der Waals surface area contributed by atoms with E-state index < -0.39 is 5.97 Å². The highest BCUT2D eigenvalue weighted by Crippen LogP contribution is 2.09. The Bertz CT molecular complexity index is 247. The molecule has 1 heterocycles. The standard InChI is InChI=1S/C12H21NO4/c1-2-16-10-12(15)17-9-11(14)13-7-5-3-4-6-8-13/h2-10H2,1H3. The molecule has 5 heteroatoms. The number of likely N-dealkylation sites (tertiary alicyclic amines) is 1. The van der Waals surface area contributed by atoms with Crippen molar-refractivity contribution in [2.24, 2.45) is 0 Å². The summed E-state index contributed by atoms with van der Waals surface area (Å²) in [6, 6.07) is 0. The molecule has 0 saturated carbocycles. The van der Waals surface area contributed by atoms with Gasteiger partial charge in [-0.25, -0.2) is 4.79 Å². The molecule has 17 heavy (non-hydrogen) atoms. The Hall–Kier alpha value is -1.10. The van der Waals surface area contributed by atoms with Gasteiger partial charge in [0.2, 0.25) is 0 Å². The van der Waals surface area contributed by atoms with E-state index in [1.54, 1.807) is 11.8 Å². The number of nitrogens with zero attached hydrogens (tertiary/aromatic N) is 1. The van der Waals surface area contributed by atoms with Gasteiger partial charge in [-0.2, -0.15) is 0 Å². The molecule has 0 aromatic rings. The predicted molar refractivity (Wildman–Crippen MR) is 62.5 cm³/mol. The maximum Gasteiger partial charge on any atom is 0.332 e. The van der Waals surface area contributed by atoms with Gasteiger partial charge in [-0.05, 0) is 19.8 Å². The Labute approximate surface area is 102 Å². The van der Waals surface area contributed by atoms with E-state index in [-0.39, 0.29) is 19.1 Å². The van der Waals surface area contributed by atoms with Gasteiger partial charge in [-0.1, -0.05) is 12.8 Å². The number of hydrogen-bond acceptors (Lipinski definition) is 4. The van der Waals surface area contributed by atoms with Crippen molar-refractivity contribution in [2.45, 2.75) is 32.6 Å². The molecular formula is C12H21NO4. The molecule has 0 N–H and O–H groups in total. The number of esters is 1. The number of ether oxygens (including phenoxy) is 2. The summed E-state index contributed by atoms with van der Waals surface area (Å²) in [6.45, 7) is 3.59. The second kappa shape index (κ2) is 8.06. The van der Waals surface area contributed by atoms with Crippen LogP contribution in [-0.2, 0) is 19.1 Å². The zero-order valence-corrected chi connectivity index (χ0v) is 10.4. The molecule has 98 valence electrons. The molecule has 1 aliphatic heterocycles. The number of hydrogen-bond donors (Lipinski definition) is 0. The lowest BCUT2D eigenvalue weighted by Gasteiger charge is -2.19. The second-order valence-corrected chi connectivity index (χ2v) is 4.09. The zero-order valence-electron chi connectivity index (χ0n) is 10.4. The van der Waals surface area contributed by atoms with E-state index in [9.17, 15) is 9.59 Å². The van der Waals surface area contributed by atoms with E-state index in [1.165, 1.54) is 12.8 Å². The summed E-state index contributed by atoms with van der Waals surface area (Å²) in [5.74, 6) is -0.577. The number of carbonyl (C=O) groups is 2. The van der Waals surface area contributed by atoms with E-state index in [0.717, 1.165) is 25.9 Å². The molecule has 0 bridgehead atoms. The van der Waals surface area contributed by atoms with Crippen LogP contribution in [-0.4, -0.2) is 49.7 Å². The molecule has 0 unspecified atom stereocenters. The summed E-state index contributed by atoms with van der Waals surface area (Å²) in [4.78, 5) is 24.7. The van der Waals surface area contributed by atoms with Crippen LogP contribution in [0.3, 0.4) is 0 Å². The molecule has 1 amide bonds. The van der Waals surface area contributed by atoms with Gasteiger partial charge in [-0.3, -0.25) is 4.79 Å². The minimum Gasteiger partial charge on any atom is -0.454 e. The molecule has 1 aliphatic rings. The van der Waals surface area contributed by atoms with Crippen molar-refractivity contribution in [2.75, 3.05) is 32.9 Å². The van der Waals surface area contributed by atoms with E-state index in [1.807, 2.05) is 0 Å². The first-order valence-electron chi connectivity index (χ1n) is 6.25. The van der Waals surface area contributed by atoms with E-state index in [4.69, 9.17) is 9.47 Å². The third-order valence-electron chi connectivity index (χ3n) is 2.74. The lowest BCUT2D eigenvalue weighted by molar-refractivity contribution is -0.155. The average molecular weight is 243 g/mol. The van der Waals surface area contributed by atoms with Gasteiger partial charge in [0.05, 0.1) is 0 Å². The third kappa shape index (κ3) is 5.68. The predicted octanol–water partition coefficient (Wildman–Crippen LogP) is 0.969. The maximum absolute atomic E-state index is 11.7. The highest BCUT2D eigenvalue weighted by atomic mass is 16.6. The lowest BCUT2D eigenvalue weighted by Crippen LogP contribution is -2.35. The van der Waals surface area contributed by atoms with Crippen LogP contribution in [0, 0.1) is 0 Å². The van der Waals surface area contributed by atoms with Crippen LogP contribution < -0.4 is 0 Å². The molecule has 0 radical (unpaired) electrons. The molecule has 1 fully saturated rings. The fourth-order valence-corrected chi connectivity index (χ4v) is 1.78. The molecule has 0 aromatic heterocycles. The first-order chi connectivity index (χ1) is 8.24. The van der Waals surface area contributed by atoms with Gasteiger partial charge in [-0.15, -0.1) is 0 Å². The van der Waals surface area contributed by atoms with Crippen molar-refractivity contribution in [3.05, 3.63) is 0 Å². The van der Waals surface area contributed by atoms with Crippen molar-refractivity contribution < 1.29 is 19.1 Å². The first-order valence-corrected chi connectivity index (χ1v) is 6.25. The number of amides is 1. The van der Waals surface area contributed by atoms with Gasteiger partial charge < -0.3 is 14.4 Å². The van der Waals surface area contributed by atoms with E-state index in [0.29, 0.717) is 6.61 Å². The summed E-state index contributed by atoms with van der Waals surface area (Å²) >= 11 is 0. The summed E-state index contributed by atoms with van der Waals surface area (Å²) < 4.78 is 9.74. The van der Waals surface area contributed by atoms with Gasteiger partial charge >= 0.3 is 5.97 Å². The van der Waals surface area contributed by atoms with Crippen LogP contribution in [0.15, 0.2) is 0 Å². The Kier molecular flexibility index (Phi) is 6.62. The summed E-state index contributed by atoms with van der Waals surface area (Å²) in [5, 5.41) is 0. The highest BCUT2D eigenvalue weighted by molar-refractivity contribution is 5.80. The number of rotatable bonds is 5. The maximum atomic E-state index is 11.7. The molecule has 0 aromatic carbocycles. The Morgan fingerprint density at radius 3 is 2.29 bits per heavy atom. The summed E-state index contributed by atoms with van der Waals surface area (Å²) in [5.41, 5.74) is 0. The number of carbonyl (C=O) groups excluding carboxylic acids is 2. The van der Waals surface area contributed by atoms with Crippen LogP contribution in [0.2, 0.25) is 0 Å². The monoisotopic (exact) mass is 243 g/mol. The minimum absolute atomic E-state index is 0.0796. The molecule has 0 aliphatic carbocycles. The zero-order chi connectivity index (χ0) is 12.5. The Morgan fingerprint density at radius 2 is 1.71 bits per heavy atom. The molecular weight excluding hydrogens is 222 g/mol. The van der Waals surface area contributed by atoms with Gasteiger partial charge in [0.1, 0.15) is 6.61 Å². The van der Waals surface area contributed by atoms with Crippen LogP contribution in [0.1, 0.15) is 32.6 Å². The Balaban J connectivity index is 2.21. The fourth-order valence-electron chi connectivity index (χ4n) is 1.78. The Morgan fingerprint density at radius 1 is 1.06 bits per heavy atom. The van der Waals surface area contributed by atoms with Crippen molar-refractivity contribution in [3.63, 3.8) is 0 Å². The van der Waals surface area contributed by atoms with E-state index >= 15 is 0 Å². The first kappa shape index (κ1) is 14.0. The van der Waals surface area contributed by atoms with Crippen molar-refractivity contribution in [1.29, 1.82) is 0 Å². The minimum atomic E-state index is -0.477. The molecule has 1 saturated heterocycles. The topological polar surface area (TPSA) is 55.8 Å². The molecule has 5 nitrogen and oxygen atoms in total. The normalized spacial score (nSPS) is 16.4. The lowest BCUT2D eigenvalue weighted by atomic mass is 10.2. The SMILES string of the molecule is CCOCC(=O)OCC(=O)N1CCCCCC1. The molecule has 0 atom stereocenters. The van der Waals surface area contributed by atoms with Crippen molar-refractivity contribution >= 4 is 11.9 Å². The highest BCUT2D eigenvalue weighted by Gasteiger charge is 2.16. The smallest absolute Gasteiger partial charge is 0.332 e. The van der Waals surface area contributed by atoms with Gasteiger partial charge in [0, 0.05) is 19.7 Å². The average Bonchev–Trinajstić information content (AvgIpc) is 2.62. The second-order valence-electron chi connectivity index (χ2n) is 4.09.